The van der Waals surface area contributed by atoms with Gasteiger partial charge in [0.15, 0.2) is 0 Å². The van der Waals surface area contributed by atoms with E-state index in [2.05, 4.69) is 5.32 Å². The Kier molecular flexibility index (Phi) is 12.8. The van der Waals surface area contributed by atoms with Gasteiger partial charge in [0.25, 0.3) is 0 Å². The van der Waals surface area contributed by atoms with Crippen LogP contribution in [0.4, 0.5) is 0 Å². The smallest absolute Gasteiger partial charge is 0.464 e. The van der Waals surface area contributed by atoms with Gasteiger partial charge >= 0.3 is 14.8 Å². The number of carbonyl (C=O) groups is 2. The Labute approximate surface area is 153 Å². The van der Waals surface area contributed by atoms with E-state index in [1.54, 1.807) is 0 Å². The molecule has 0 aromatic carbocycles. The Morgan fingerprint density at radius 2 is 1.52 bits per heavy atom. The molecule has 1 N–H and O–H groups in total. The van der Waals surface area contributed by atoms with Crippen LogP contribution in [0.3, 0.4) is 0 Å². The molecule has 0 bridgehead atoms. The molecule has 1 amide bonds. The first kappa shape index (κ1) is 24.0. The van der Waals surface area contributed by atoms with E-state index in [4.69, 9.17) is 18.0 Å². The number of amides is 1. The van der Waals surface area contributed by atoms with Gasteiger partial charge in [0, 0.05) is 32.8 Å². The van der Waals surface area contributed by atoms with Gasteiger partial charge in [-0.2, -0.15) is 0 Å². The molecule has 0 radical (unpaired) electrons. The molecular formula is C17H35NO6Si. The third-order valence-corrected chi connectivity index (χ3v) is 6.48. The van der Waals surface area contributed by atoms with Crippen molar-refractivity contribution >= 4 is 20.7 Å². The Morgan fingerprint density at radius 3 is 1.92 bits per heavy atom. The van der Waals surface area contributed by atoms with Crippen LogP contribution >= 0.6 is 0 Å². The third kappa shape index (κ3) is 10.6. The molecule has 0 fully saturated rings. The lowest BCUT2D eigenvalue weighted by Crippen LogP contribution is -2.46. The van der Waals surface area contributed by atoms with Crippen molar-refractivity contribution in [1.82, 2.24) is 5.32 Å². The predicted octanol–water partition coefficient (Wildman–Crippen LogP) is 2.52. The number of nitrogens with one attached hydrogen (secondary N) is 1. The Bertz CT molecular complexity index is 374. The van der Waals surface area contributed by atoms with Crippen molar-refractivity contribution < 1.29 is 27.6 Å². The fourth-order valence-corrected chi connectivity index (χ4v) is 5.07. The summed E-state index contributed by atoms with van der Waals surface area (Å²) in [6.07, 6.45) is 1.14. The maximum Gasteiger partial charge on any atom is 0.501 e. The Morgan fingerprint density at radius 1 is 1.00 bits per heavy atom. The number of ether oxygens (including phenoxy) is 1. The van der Waals surface area contributed by atoms with E-state index in [1.807, 2.05) is 34.6 Å². The molecule has 7 nitrogen and oxygen atoms in total. The molecule has 8 heteroatoms. The van der Waals surface area contributed by atoms with Crippen LogP contribution in [0, 0.1) is 5.92 Å². The number of rotatable bonds is 14. The van der Waals surface area contributed by atoms with Crippen LogP contribution in [0.2, 0.25) is 6.04 Å². The topological polar surface area (TPSA) is 83.1 Å². The van der Waals surface area contributed by atoms with Crippen LogP contribution in [0.5, 0.6) is 0 Å². The van der Waals surface area contributed by atoms with Crippen molar-refractivity contribution in [3.63, 3.8) is 0 Å². The maximum atomic E-state index is 12.2. The highest BCUT2D eigenvalue weighted by atomic mass is 28.4. The van der Waals surface area contributed by atoms with Gasteiger partial charge in [-0.25, -0.2) is 4.79 Å². The fraction of sp³-hybridized carbons (Fsp3) is 0.882. The first-order chi connectivity index (χ1) is 11.8. The standard InChI is InChI=1S/C17H35NO6Si/c1-7-22-25(23-8-2,24-9-3)12-10-11-21-17(20)16(13-14(4)5)18-15(6)19/h14,16H,7-13H2,1-6H3,(H,18,19). The summed E-state index contributed by atoms with van der Waals surface area (Å²) in [7, 11) is -2.71. The van der Waals surface area contributed by atoms with E-state index >= 15 is 0 Å². The molecule has 1 atom stereocenters. The zero-order valence-corrected chi connectivity index (χ0v) is 17.6. The van der Waals surface area contributed by atoms with Crippen LogP contribution in [-0.4, -0.2) is 53.2 Å². The predicted molar refractivity (Wildman–Crippen MR) is 98.1 cm³/mol. The van der Waals surface area contributed by atoms with E-state index in [-0.39, 0.29) is 18.4 Å². The highest BCUT2D eigenvalue weighted by Crippen LogP contribution is 2.18. The van der Waals surface area contributed by atoms with E-state index in [0.717, 1.165) is 0 Å². The average Bonchev–Trinajstić information content (AvgIpc) is 2.50. The van der Waals surface area contributed by atoms with Gasteiger partial charge in [-0.3, -0.25) is 4.79 Å². The van der Waals surface area contributed by atoms with Gasteiger partial charge in [0.2, 0.25) is 5.91 Å². The lowest BCUT2D eigenvalue weighted by atomic mass is 10.0. The van der Waals surface area contributed by atoms with Crippen LogP contribution in [-0.2, 0) is 27.6 Å². The lowest BCUT2D eigenvalue weighted by molar-refractivity contribution is -0.148. The second-order valence-electron chi connectivity index (χ2n) is 6.14. The molecule has 0 aromatic rings. The molecule has 0 saturated carbocycles. The summed E-state index contributed by atoms with van der Waals surface area (Å²) >= 11 is 0. The monoisotopic (exact) mass is 377 g/mol. The second kappa shape index (κ2) is 13.3. The molecule has 0 aliphatic rings. The van der Waals surface area contributed by atoms with Crippen LogP contribution in [0.15, 0.2) is 0 Å². The van der Waals surface area contributed by atoms with Gasteiger partial charge in [-0.15, -0.1) is 0 Å². The first-order valence-electron chi connectivity index (χ1n) is 9.15. The second-order valence-corrected chi connectivity index (χ2v) is 8.87. The highest BCUT2D eigenvalue weighted by molar-refractivity contribution is 6.60. The largest absolute Gasteiger partial charge is 0.501 e. The number of esters is 1. The maximum absolute atomic E-state index is 12.2. The summed E-state index contributed by atoms with van der Waals surface area (Å²) in [5, 5.41) is 2.65. The van der Waals surface area contributed by atoms with E-state index in [0.29, 0.717) is 38.7 Å². The molecule has 1 unspecified atom stereocenters. The number of hydrogen-bond acceptors (Lipinski definition) is 6. The molecule has 25 heavy (non-hydrogen) atoms. The molecule has 148 valence electrons. The molecule has 0 heterocycles. The molecule has 0 aliphatic heterocycles. The van der Waals surface area contributed by atoms with Crippen LogP contribution in [0.1, 0.15) is 54.4 Å². The molecule has 0 aliphatic carbocycles. The van der Waals surface area contributed by atoms with Gasteiger partial charge in [-0.1, -0.05) is 13.8 Å². The summed E-state index contributed by atoms with van der Waals surface area (Å²) < 4.78 is 22.6. The molecule has 0 spiro atoms. The van der Waals surface area contributed by atoms with Crippen molar-refractivity contribution in [2.75, 3.05) is 26.4 Å². The number of carbonyl (C=O) groups excluding carboxylic acids is 2. The fourth-order valence-electron chi connectivity index (χ4n) is 2.49. The first-order valence-corrected chi connectivity index (χ1v) is 11.1. The quantitative estimate of drug-likeness (QED) is 0.284. The molecule has 0 rings (SSSR count). The Balaban J connectivity index is 4.52. The zero-order chi connectivity index (χ0) is 19.3. The van der Waals surface area contributed by atoms with E-state index in [9.17, 15) is 9.59 Å². The van der Waals surface area contributed by atoms with Gasteiger partial charge in [-0.05, 0) is 39.5 Å². The summed E-state index contributed by atoms with van der Waals surface area (Å²) in [5.41, 5.74) is 0. The van der Waals surface area contributed by atoms with Crippen molar-refractivity contribution in [1.29, 1.82) is 0 Å². The van der Waals surface area contributed by atoms with Crippen LogP contribution < -0.4 is 5.32 Å². The van der Waals surface area contributed by atoms with Crippen molar-refractivity contribution in [3.8, 4) is 0 Å². The van der Waals surface area contributed by atoms with Crippen molar-refractivity contribution in [3.05, 3.63) is 0 Å². The summed E-state index contributed by atoms with van der Waals surface area (Å²) in [6.45, 7) is 12.9. The number of hydrogen-bond donors (Lipinski definition) is 1. The minimum Gasteiger partial charge on any atom is -0.464 e. The van der Waals surface area contributed by atoms with Crippen molar-refractivity contribution in [2.45, 2.75) is 66.5 Å². The third-order valence-electron chi connectivity index (χ3n) is 3.33. The highest BCUT2D eigenvalue weighted by Gasteiger charge is 2.39. The summed E-state index contributed by atoms with van der Waals surface area (Å²) in [4.78, 5) is 23.5. The van der Waals surface area contributed by atoms with Gasteiger partial charge < -0.3 is 23.3 Å². The molecule has 0 aromatic heterocycles. The average molecular weight is 378 g/mol. The Hall–Kier alpha value is -0.963. The van der Waals surface area contributed by atoms with Crippen LogP contribution in [0.25, 0.3) is 0 Å². The van der Waals surface area contributed by atoms with Crippen molar-refractivity contribution in [2.24, 2.45) is 5.92 Å². The molecular weight excluding hydrogens is 342 g/mol. The van der Waals surface area contributed by atoms with E-state index < -0.39 is 20.8 Å². The summed E-state index contributed by atoms with van der Waals surface area (Å²) in [5.74, 6) is -0.364. The normalized spacial score (nSPS) is 12.9. The minimum absolute atomic E-state index is 0.238. The lowest BCUT2D eigenvalue weighted by Gasteiger charge is -2.28. The van der Waals surface area contributed by atoms with E-state index in [1.165, 1.54) is 6.92 Å². The summed E-state index contributed by atoms with van der Waals surface area (Å²) in [6, 6.07) is -0.0182. The SMILES string of the molecule is CCO[Si](CCCOC(=O)C(CC(C)C)NC(C)=O)(OCC)OCC. The van der Waals surface area contributed by atoms with Gasteiger partial charge in [0.1, 0.15) is 6.04 Å². The zero-order valence-electron chi connectivity index (χ0n) is 16.6. The minimum atomic E-state index is -2.71. The van der Waals surface area contributed by atoms with Gasteiger partial charge in [0.05, 0.1) is 6.61 Å². The molecule has 0 saturated heterocycles.